The van der Waals surface area contributed by atoms with Gasteiger partial charge in [-0.05, 0) is 53.0 Å². The predicted octanol–water partition coefficient (Wildman–Crippen LogP) is 2.36. The summed E-state index contributed by atoms with van der Waals surface area (Å²) in [6.07, 6.45) is 4.72. The first kappa shape index (κ1) is 25.1. The molecule has 0 saturated carbocycles. The Morgan fingerprint density at radius 3 is 2.41 bits per heavy atom. The van der Waals surface area contributed by atoms with Gasteiger partial charge >= 0.3 is 5.97 Å². The Morgan fingerprint density at radius 1 is 1.21 bits per heavy atom. The normalized spacial score (nSPS) is 19.2. The molecule has 0 radical (unpaired) electrons. The maximum Gasteiger partial charge on any atom is 0.333 e. The molecule has 2 atom stereocenters. The molecule has 0 aromatic heterocycles. The predicted molar refractivity (Wildman–Crippen MR) is 114 cm³/mol. The van der Waals surface area contributed by atoms with Gasteiger partial charge in [0.25, 0.3) is 0 Å². The zero-order valence-corrected chi connectivity index (χ0v) is 19.2. The minimum atomic E-state index is -0.377. The topological polar surface area (TPSA) is 79.0 Å². The molecule has 7 nitrogen and oxygen atoms in total. The summed E-state index contributed by atoms with van der Waals surface area (Å²) < 4.78 is 5.03. The molecule has 0 aliphatic carbocycles. The van der Waals surface area contributed by atoms with Crippen molar-refractivity contribution in [3.63, 3.8) is 0 Å². The highest BCUT2D eigenvalue weighted by atomic mass is 16.5. The summed E-state index contributed by atoms with van der Waals surface area (Å²) in [4.78, 5) is 41.1. The van der Waals surface area contributed by atoms with E-state index < -0.39 is 0 Å². The number of hydrogen-bond acceptors (Lipinski definition) is 5. The molecule has 1 saturated heterocycles. The highest BCUT2D eigenvalue weighted by Gasteiger charge is 2.31. The second kappa shape index (κ2) is 12.0. The van der Waals surface area contributed by atoms with Gasteiger partial charge in [-0.2, -0.15) is 0 Å². The van der Waals surface area contributed by atoms with Crippen molar-refractivity contribution >= 4 is 17.8 Å². The van der Waals surface area contributed by atoms with Crippen LogP contribution in [-0.4, -0.2) is 72.5 Å². The molecule has 1 aliphatic heterocycles. The number of nitrogens with one attached hydrogen (secondary N) is 1. The first-order valence-corrected chi connectivity index (χ1v) is 10.7. The van der Waals surface area contributed by atoms with Crippen LogP contribution in [0.1, 0.15) is 60.8 Å². The number of ether oxygens (including phenoxy) is 1. The van der Waals surface area contributed by atoms with Gasteiger partial charge < -0.3 is 15.0 Å². The van der Waals surface area contributed by atoms with E-state index in [0.29, 0.717) is 18.2 Å². The van der Waals surface area contributed by atoms with E-state index >= 15 is 0 Å². The summed E-state index contributed by atoms with van der Waals surface area (Å²) in [5.41, 5.74) is 0.476. The van der Waals surface area contributed by atoms with Crippen LogP contribution in [-0.2, 0) is 19.1 Å². The van der Waals surface area contributed by atoms with E-state index in [1.807, 2.05) is 13.8 Å². The van der Waals surface area contributed by atoms with Crippen molar-refractivity contribution in [1.82, 2.24) is 15.1 Å². The monoisotopic (exact) mass is 409 g/mol. The van der Waals surface area contributed by atoms with Crippen molar-refractivity contribution in [2.45, 2.75) is 78.9 Å². The van der Waals surface area contributed by atoms with Gasteiger partial charge in [-0.25, -0.2) is 4.79 Å². The van der Waals surface area contributed by atoms with Crippen LogP contribution in [0.15, 0.2) is 11.6 Å². The molecule has 2 unspecified atom stereocenters. The van der Waals surface area contributed by atoms with Crippen LogP contribution in [0.5, 0.6) is 0 Å². The van der Waals surface area contributed by atoms with E-state index in [4.69, 9.17) is 4.74 Å². The number of esters is 1. The number of rotatable bonds is 9. The largest absolute Gasteiger partial charge is 0.463 e. The number of carbonyl (C=O) groups excluding carboxylic acids is 3. The maximum absolute atomic E-state index is 12.7. The van der Waals surface area contributed by atoms with Crippen LogP contribution in [0.2, 0.25) is 0 Å². The van der Waals surface area contributed by atoms with Gasteiger partial charge in [0.1, 0.15) is 0 Å². The lowest BCUT2D eigenvalue weighted by molar-refractivity contribution is -0.138. The zero-order valence-electron chi connectivity index (χ0n) is 19.2. The van der Waals surface area contributed by atoms with Crippen molar-refractivity contribution < 1.29 is 19.1 Å². The maximum atomic E-state index is 12.7. The van der Waals surface area contributed by atoms with Crippen molar-refractivity contribution in [2.24, 2.45) is 5.92 Å². The first-order valence-electron chi connectivity index (χ1n) is 10.7. The van der Waals surface area contributed by atoms with E-state index in [9.17, 15) is 14.4 Å². The highest BCUT2D eigenvalue weighted by molar-refractivity contribution is 5.89. The fourth-order valence-electron chi connectivity index (χ4n) is 3.75. The quantitative estimate of drug-likeness (QED) is 0.467. The van der Waals surface area contributed by atoms with Gasteiger partial charge in [0.15, 0.2) is 0 Å². The van der Waals surface area contributed by atoms with E-state index in [2.05, 4.69) is 24.1 Å². The number of carbonyl (C=O) groups is 3. The molecule has 2 amide bonds. The summed E-state index contributed by atoms with van der Waals surface area (Å²) >= 11 is 0. The fraction of sp³-hybridized carbons (Fsp3) is 0.773. The lowest BCUT2D eigenvalue weighted by atomic mass is 9.99. The molecule has 0 aromatic rings. The third-order valence-electron chi connectivity index (χ3n) is 5.47. The van der Waals surface area contributed by atoms with Crippen molar-refractivity contribution in [1.29, 1.82) is 0 Å². The van der Waals surface area contributed by atoms with Gasteiger partial charge in [-0.3, -0.25) is 14.5 Å². The number of hydrogen-bond donors (Lipinski definition) is 1. The average Bonchev–Trinajstić information content (AvgIpc) is 2.68. The Hall–Kier alpha value is -1.89. The lowest BCUT2D eigenvalue weighted by Gasteiger charge is -2.37. The Morgan fingerprint density at radius 2 is 1.86 bits per heavy atom. The van der Waals surface area contributed by atoms with Crippen LogP contribution >= 0.6 is 0 Å². The molecule has 7 heteroatoms. The number of nitrogens with zero attached hydrogens (tertiary/aromatic N) is 2. The van der Waals surface area contributed by atoms with Crippen molar-refractivity contribution in [3.05, 3.63) is 11.6 Å². The number of likely N-dealkylation sites (tertiary alicyclic amines) is 1. The first-order chi connectivity index (χ1) is 13.6. The molecule has 1 fully saturated rings. The third kappa shape index (κ3) is 7.46. The number of piperidine rings is 1. The van der Waals surface area contributed by atoms with Crippen LogP contribution in [0.4, 0.5) is 0 Å². The van der Waals surface area contributed by atoms with Gasteiger partial charge in [0.2, 0.25) is 11.8 Å². The zero-order chi connectivity index (χ0) is 22.1. The molecule has 1 rings (SSSR count). The van der Waals surface area contributed by atoms with E-state index in [-0.39, 0.29) is 42.3 Å². The van der Waals surface area contributed by atoms with Crippen molar-refractivity contribution in [2.75, 3.05) is 26.7 Å². The summed E-state index contributed by atoms with van der Waals surface area (Å²) in [5.74, 6) is -0.534. The number of likely N-dealkylation sites (N-methyl/N-ethyl adjacent to an activating group) is 1. The van der Waals surface area contributed by atoms with Crippen molar-refractivity contribution in [3.8, 4) is 0 Å². The second-order valence-electron chi connectivity index (χ2n) is 8.37. The van der Waals surface area contributed by atoms with E-state index in [1.165, 1.54) is 0 Å². The lowest BCUT2D eigenvalue weighted by Crippen LogP contribution is -2.53. The van der Waals surface area contributed by atoms with Gasteiger partial charge in [0.05, 0.1) is 25.2 Å². The molecule has 0 spiro atoms. The van der Waals surface area contributed by atoms with E-state index in [1.54, 1.807) is 31.9 Å². The SMILES string of the molecule is CCOC(=O)/C(C)=C/C(C(C)C)N(C)C(=O)CNC(=O)C1CCCCN1C(C)C. The second-order valence-corrected chi connectivity index (χ2v) is 8.37. The Kier molecular flexibility index (Phi) is 10.4. The Balaban J connectivity index is 2.74. The Bertz CT molecular complexity index is 601. The Labute approximate surface area is 175 Å². The average molecular weight is 410 g/mol. The standard InChI is InChI=1S/C22H39N3O4/c1-8-29-22(28)17(6)13-19(15(2)3)24(7)20(26)14-23-21(27)18-11-9-10-12-25(18)16(4)5/h13,15-16,18-19H,8-12,14H2,1-7H3,(H,23,27)/b17-13+. The smallest absolute Gasteiger partial charge is 0.333 e. The fourth-order valence-corrected chi connectivity index (χ4v) is 3.75. The molecule has 166 valence electrons. The summed E-state index contributed by atoms with van der Waals surface area (Å²) in [6.45, 7) is 12.8. The van der Waals surface area contributed by atoms with Crippen LogP contribution in [0.3, 0.4) is 0 Å². The summed E-state index contributed by atoms with van der Waals surface area (Å²) in [6, 6.07) is -0.134. The third-order valence-corrected chi connectivity index (χ3v) is 5.47. The molecule has 29 heavy (non-hydrogen) atoms. The molecule has 1 aliphatic rings. The molecule has 0 aromatic carbocycles. The van der Waals surface area contributed by atoms with Crippen LogP contribution in [0, 0.1) is 5.92 Å². The van der Waals surface area contributed by atoms with Gasteiger partial charge in [-0.15, -0.1) is 0 Å². The van der Waals surface area contributed by atoms with Crippen LogP contribution < -0.4 is 5.32 Å². The minimum Gasteiger partial charge on any atom is -0.463 e. The molecular formula is C22H39N3O4. The minimum absolute atomic E-state index is 0.0483. The molecule has 1 heterocycles. The van der Waals surface area contributed by atoms with Gasteiger partial charge in [-0.1, -0.05) is 26.3 Å². The summed E-state index contributed by atoms with van der Waals surface area (Å²) in [7, 11) is 1.70. The van der Waals surface area contributed by atoms with E-state index in [0.717, 1.165) is 25.8 Å². The van der Waals surface area contributed by atoms with Crippen LogP contribution in [0.25, 0.3) is 0 Å². The highest BCUT2D eigenvalue weighted by Crippen LogP contribution is 2.19. The van der Waals surface area contributed by atoms with Gasteiger partial charge in [0, 0.05) is 18.7 Å². The summed E-state index contributed by atoms with van der Waals surface area (Å²) in [5, 5.41) is 2.82. The molecular weight excluding hydrogens is 370 g/mol. The molecule has 1 N–H and O–H groups in total. The molecule has 0 bridgehead atoms. The number of amides is 2.